The second-order valence-corrected chi connectivity index (χ2v) is 4.84. The van der Waals surface area contributed by atoms with E-state index in [4.69, 9.17) is 5.73 Å². The topological polar surface area (TPSA) is 43.8 Å². The van der Waals surface area contributed by atoms with E-state index in [9.17, 15) is 4.39 Å². The highest BCUT2D eigenvalue weighted by molar-refractivity contribution is 5.78. The van der Waals surface area contributed by atoms with Gasteiger partial charge in [-0.3, -0.25) is 0 Å². The predicted molar refractivity (Wildman–Crippen MR) is 66.1 cm³/mol. The molecule has 1 aliphatic carbocycles. The standard InChI is InChI=1S/C13H16FN3/c14-10-5-6-12-11(8-10)16-13(15)17(12)7-1-2-9-3-4-9/h5-6,8-9H,1-4,7H2,(H2,15,16). The number of hydrogen-bond donors (Lipinski definition) is 1. The van der Waals surface area contributed by atoms with Gasteiger partial charge in [-0.25, -0.2) is 9.37 Å². The molecular weight excluding hydrogens is 217 g/mol. The lowest BCUT2D eigenvalue weighted by atomic mass is 10.2. The molecule has 0 amide bonds. The van der Waals surface area contributed by atoms with Gasteiger partial charge in [0.1, 0.15) is 5.82 Å². The van der Waals surface area contributed by atoms with Gasteiger partial charge in [-0.15, -0.1) is 0 Å². The van der Waals surface area contributed by atoms with E-state index in [1.165, 1.54) is 31.4 Å². The Kier molecular flexibility index (Phi) is 2.50. The minimum Gasteiger partial charge on any atom is -0.369 e. The Labute approximate surface area is 99.4 Å². The van der Waals surface area contributed by atoms with Gasteiger partial charge < -0.3 is 10.3 Å². The van der Waals surface area contributed by atoms with Crippen LogP contribution in [-0.4, -0.2) is 9.55 Å². The van der Waals surface area contributed by atoms with Crippen molar-refractivity contribution in [2.45, 2.75) is 32.2 Å². The summed E-state index contributed by atoms with van der Waals surface area (Å²) >= 11 is 0. The SMILES string of the molecule is Nc1nc2cc(F)ccc2n1CCCC1CC1. The molecule has 1 aromatic carbocycles. The maximum absolute atomic E-state index is 13.1. The maximum atomic E-state index is 13.1. The summed E-state index contributed by atoms with van der Waals surface area (Å²) in [5.74, 6) is 1.16. The lowest BCUT2D eigenvalue weighted by Crippen LogP contribution is -2.03. The van der Waals surface area contributed by atoms with Gasteiger partial charge >= 0.3 is 0 Å². The monoisotopic (exact) mass is 233 g/mol. The molecule has 1 heterocycles. The van der Waals surface area contributed by atoms with Crippen LogP contribution in [0.5, 0.6) is 0 Å². The van der Waals surface area contributed by atoms with Gasteiger partial charge in [0.2, 0.25) is 5.95 Å². The molecule has 1 saturated carbocycles. The van der Waals surface area contributed by atoms with Crippen molar-refractivity contribution in [2.24, 2.45) is 5.92 Å². The number of anilines is 1. The molecule has 0 atom stereocenters. The van der Waals surface area contributed by atoms with Crippen molar-refractivity contribution >= 4 is 17.0 Å². The minimum atomic E-state index is -0.264. The first-order chi connectivity index (χ1) is 8.24. The molecule has 3 rings (SSSR count). The Morgan fingerprint density at radius 1 is 1.41 bits per heavy atom. The van der Waals surface area contributed by atoms with Crippen molar-refractivity contribution in [1.29, 1.82) is 0 Å². The van der Waals surface area contributed by atoms with Crippen molar-refractivity contribution in [3.8, 4) is 0 Å². The molecule has 2 N–H and O–H groups in total. The third-order valence-electron chi connectivity index (χ3n) is 3.43. The summed E-state index contributed by atoms with van der Waals surface area (Å²) < 4.78 is 15.0. The van der Waals surface area contributed by atoms with Crippen LogP contribution in [0.4, 0.5) is 10.3 Å². The number of nitrogens with two attached hydrogens (primary N) is 1. The molecule has 4 heteroatoms. The van der Waals surface area contributed by atoms with Gasteiger partial charge in [-0.1, -0.05) is 12.8 Å². The molecule has 0 saturated heterocycles. The number of fused-ring (bicyclic) bond motifs is 1. The Hall–Kier alpha value is -1.58. The van der Waals surface area contributed by atoms with E-state index >= 15 is 0 Å². The Bertz CT molecular complexity index is 543. The molecule has 17 heavy (non-hydrogen) atoms. The van der Waals surface area contributed by atoms with Crippen molar-refractivity contribution < 1.29 is 4.39 Å². The second-order valence-electron chi connectivity index (χ2n) is 4.84. The molecule has 2 aromatic rings. The third kappa shape index (κ3) is 2.12. The van der Waals surface area contributed by atoms with E-state index in [0.717, 1.165) is 24.4 Å². The molecular formula is C13H16FN3. The largest absolute Gasteiger partial charge is 0.369 e. The molecule has 0 unspecified atom stereocenters. The number of benzene rings is 1. The molecule has 1 fully saturated rings. The van der Waals surface area contributed by atoms with Crippen LogP contribution in [0.25, 0.3) is 11.0 Å². The first kappa shape index (κ1) is 10.6. The number of imidazole rings is 1. The van der Waals surface area contributed by atoms with E-state index in [-0.39, 0.29) is 5.82 Å². The van der Waals surface area contributed by atoms with Gasteiger partial charge in [0.25, 0.3) is 0 Å². The number of aryl methyl sites for hydroxylation is 1. The van der Waals surface area contributed by atoms with Crippen molar-refractivity contribution in [1.82, 2.24) is 9.55 Å². The van der Waals surface area contributed by atoms with Gasteiger partial charge in [0.15, 0.2) is 0 Å². The quantitative estimate of drug-likeness (QED) is 0.882. The zero-order valence-electron chi connectivity index (χ0n) is 9.69. The number of aromatic nitrogens is 2. The lowest BCUT2D eigenvalue weighted by Gasteiger charge is -2.05. The Morgan fingerprint density at radius 2 is 2.24 bits per heavy atom. The zero-order chi connectivity index (χ0) is 11.8. The summed E-state index contributed by atoms with van der Waals surface area (Å²) in [4.78, 5) is 4.19. The van der Waals surface area contributed by atoms with Crippen LogP contribution < -0.4 is 5.73 Å². The van der Waals surface area contributed by atoms with Crippen molar-refractivity contribution in [2.75, 3.05) is 5.73 Å². The number of hydrogen-bond acceptors (Lipinski definition) is 2. The fraction of sp³-hybridized carbons (Fsp3) is 0.462. The van der Waals surface area contributed by atoms with Gasteiger partial charge in [-0.05, 0) is 30.9 Å². The number of rotatable bonds is 4. The highest BCUT2D eigenvalue weighted by atomic mass is 19.1. The molecule has 90 valence electrons. The first-order valence-corrected chi connectivity index (χ1v) is 6.15. The first-order valence-electron chi connectivity index (χ1n) is 6.15. The van der Waals surface area contributed by atoms with Crippen LogP contribution in [0.2, 0.25) is 0 Å². The van der Waals surface area contributed by atoms with Crippen molar-refractivity contribution in [3.05, 3.63) is 24.0 Å². The van der Waals surface area contributed by atoms with E-state index < -0.39 is 0 Å². The van der Waals surface area contributed by atoms with Crippen LogP contribution in [0, 0.1) is 11.7 Å². The summed E-state index contributed by atoms with van der Waals surface area (Å²) in [5, 5.41) is 0. The zero-order valence-corrected chi connectivity index (χ0v) is 9.69. The normalized spacial score (nSPS) is 15.6. The fourth-order valence-electron chi connectivity index (χ4n) is 2.30. The lowest BCUT2D eigenvalue weighted by molar-refractivity contribution is 0.590. The van der Waals surface area contributed by atoms with E-state index in [1.54, 1.807) is 6.07 Å². The predicted octanol–water partition coefficient (Wildman–Crippen LogP) is 2.95. The van der Waals surface area contributed by atoms with Gasteiger partial charge in [0.05, 0.1) is 11.0 Å². The second kappa shape index (κ2) is 4.02. The summed E-state index contributed by atoms with van der Waals surface area (Å²) in [7, 11) is 0. The summed E-state index contributed by atoms with van der Waals surface area (Å²) in [6.07, 6.45) is 5.15. The van der Waals surface area contributed by atoms with Gasteiger partial charge in [0, 0.05) is 12.6 Å². The molecule has 0 aliphatic heterocycles. The molecule has 0 spiro atoms. The summed E-state index contributed by atoms with van der Waals surface area (Å²) in [6.45, 7) is 0.879. The van der Waals surface area contributed by atoms with E-state index in [0.29, 0.717) is 11.5 Å². The Balaban J connectivity index is 1.83. The number of nitrogens with zero attached hydrogens (tertiary/aromatic N) is 2. The van der Waals surface area contributed by atoms with E-state index in [2.05, 4.69) is 4.98 Å². The smallest absolute Gasteiger partial charge is 0.201 e. The molecule has 1 aliphatic rings. The molecule has 0 bridgehead atoms. The Morgan fingerprint density at radius 3 is 3.00 bits per heavy atom. The third-order valence-corrected chi connectivity index (χ3v) is 3.43. The fourth-order valence-corrected chi connectivity index (χ4v) is 2.30. The summed E-state index contributed by atoms with van der Waals surface area (Å²) in [5.41, 5.74) is 7.44. The maximum Gasteiger partial charge on any atom is 0.201 e. The number of nitrogen functional groups attached to an aromatic ring is 1. The van der Waals surface area contributed by atoms with Crippen molar-refractivity contribution in [3.63, 3.8) is 0 Å². The minimum absolute atomic E-state index is 0.264. The van der Waals surface area contributed by atoms with Crippen LogP contribution in [0.15, 0.2) is 18.2 Å². The number of halogens is 1. The molecule has 0 radical (unpaired) electrons. The molecule has 3 nitrogen and oxygen atoms in total. The van der Waals surface area contributed by atoms with Crippen LogP contribution >= 0.6 is 0 Å². The average molecular weight is 233 g/mol. The van der Waals surface area contributed by atoms with E-state index in [1.807, 2.05) is 4.57 Å². The van der Waals surface area contributed by atoms with Gasteiger partial charge in [-0.2, -0.15) is 0 Å². The highest BCUT2D eigenvalue weighted by Crippen LogP contribution is 2.33. The molecule has 1 aromatic heterocycles. The summed E-state index contributed by atoms with van der Waals surface area (Å²) in [6, 6.07) is 4.65. The van der Waals surface area contributed by atoms with Crippen LogP contribution in [0.3, 0.4) is 0 Å². The van der Waals surface area contributed by atoms with Crippen LogP contribution in [0.1, 0.15) is 25.7 Å². The van der Waals surface area contributed by atoms with Crippen LogP contribution in [-0.2, 0) is 6.54 Å². The highest BCUT2D eigenvalue weighted by Gasteiger charge is 2.20. The average Bonchev–Trinajstić information content (AvgIpc) is 3.04.